The van der Waals surface area contributed by atoms with Gasteiger partial charge in [-0.05, 0) is 19.3 Å². The fourth-order valence-electron chi connectivity index (χ4n) is 1.37. The smallest absolute Gasteiger partial charge is 0.191 e. The molecule has 0 aliphatic rings. The van der Waals surface area contributed by atoms with E-state index in [9.17, 15) is 0 Å². The lowest BCUT2D eigenvalue weighted by molar-refractivity contribution is 0.615. The molecule has 1 heterocycles. The van der Waals surface area contributed by atoms with Gasteiger partial charge in [0.05, 0.1) is 6.54 Å². The van der Waals surface area contributed by atoms with Crippen molar-refractivity contribution in [3.8, 4) is 0 Å². The lowest BCUT2D eigenvalue weighted by Gasteiger charge is -2.12. The molecule has 0 saturated heterocycles. The van der Waals surface area contributed by atoms with E-state index in [4.69, 9.17) is 0 Å². The minimum atomic E-state index is 0.611. The second kappa shape index (κ2) is 8.08. The largest absolute Gasteiger partial charge is 0.357 e. The van der Waals surface area contributed by atoms with E-state index in [1.807, 2.05) is 6.20 Å². The number of aliphatic imine (C=N–C) groups is 1. The zero-order valence-electron chi connectivity index (χ0n) is 11.8. The van der Waals surface area contributed by atoms with Crippen molar-refractivity contribution in [3.63, 3.8) is 0 Å². The summed E-state index contributed by atoms with van der Waals surface area (Å²) < 4.78 is 0. The van der Waals surface area contributed by atoms with Crippen LogP contribution in [0, 0.1) is 5.92 Å². The number of thiazole rings is 1. The first-order valence-corrected chi connectivity index (χ1v) is 7.43. The first-order valence-electron chi connectivity index (χ1n) is 6.61. The maximum atomic E-state index is 4.55. The Balaban J connectivity index is 2.53. The summed E-state index contributed by atoms with van der Waals surface area (Å²) in [6, 6.07) is 0. The van der Waals surface area contributed by atoms with Crippen LogP contribution in [0.4, 0.5) is 0 Å². The molecule has 0 saturated carbocycles. The van der Waals surface area contributed by atoms with Crippen LogP contribution in [0.15, 0.2) is 11.2 Å². The molecule has 0 atom stereocenters. The number of nitrogens with one attached hydrogen (secondary N) is 2. The van der Waals surface area contributed by atoms with Gasteiger partial charge in [0, 0.05) is 24.2 Å². The quantitative estimate of drug-likeness (QED) is 0.615. The van der Waals surface area contributed by atoms with Gasteiger partial charge in [-0.1, -0.05) is 20.8 Å². The molecular weight excluding hydrogens is 244 g/mol. The summed E-state index contributed by atoms with van der Waals surface area (Å²) in [5.74, 6) is 1.49. The van der Waals surface area contributed by atoms with Crippen LogP contribution in [-0.4, -0.2) is 24.0 Å². The Kier molecular flexibility index (Phi) is 6.72. The van der Waals surface area contributed by atoms with E-state index in [0.717, 1.165) is 30.5 Å². The highest BCUT2D eigenvalue weighted by molar-refractivity contribution is 7.11. The maximum absolute atomic E-state index is 4.55. The second-order valence-corrected chi connectivity index (χ2v) is 5.74. The monoisotopic (exact) mass is 268 g/mol. The van der Waals surface area contributed by atoms with E-state index >= 15 is 0 Å². The Morgan fingerprint density at radius 2 is 2.17 bits per heavy atom. The Morgan fingerprint density at radius 3 is 2.72 bits per heavy atom. The summed E-state index contributed by atoms with van der Waals surface area (Å²) in [5, 5.41) is 7.65. The van der Waals surface area contributed by atoms with Gasteiger partial charge in [-0.2, -0.15) is 0 Å². The summed E-state index contributed by atoms with van der Waals surface area (Å²) in [6.07, 6.45) is 3.00. The third-order valence-corrected chi connectivity index (χ3v) is 3.47. The molecule has 0 unspecified atom stereocenters. The fourth-order valence-corrected chi connectivity index (χ4v) is 2.16. The number of hydrogen-bond acceptors (Lipinski definition) is 3. The van der Waals surface area contributed by atoms with Crippen LogP contribution in [-0.2, 0) is 13.0 Å². The van der Waals surface area contributed by atoms with Gasteiger partial charge in [0.25, 0.3) is 0 Å². The van der Waals surface area contributed by atoms with Crippen LogP contribution in [0.2, 0.25) is 0 Å². The maximum Gasteiger partial charge on any atom is 0.191 e. The predicted molar refractivity (Wildman–Crippen MR) is 79.1 cm³/mol. The molecule has 0 amide bonds. The number of aryl methyl sites for hydroxylation is 1. The summed E-state index contributed by atoms with van der Waals surface area (Å²) in [6.45, 7) is 11.1. The number of guanidine groups is 1. The fraction of sp³-hybridized carbons (Fsp3) is 0.692. The summed E-state index contributed by atoms with van der Waals surface area (Å²) in [5.41, 5.74) is 0. The van der Waals surface area contributed by atoms with Crippen LogP contribution in [0.3, 0.4) is 0 Å². The molecule has 2 N–H and O–H groups in total. The Morgan fingerprint density at radius 1 is 1.39 bits per heavy atom. The van der Waals surface area contributed by atoms with Gasteiger partial charge in [-0.15, -0.1) is 11.3 Å². The van der Waals surface area contributed by atoms with Crippen LogP contribution in [0.5, 0.6) is 0 Å². The molecule has 0 bridgehead atoms. The van der Waals surface area contributed by atoms with Crippen LogP contribution >= 0.6 is 11.3 Å². The van der Waals surface area contributed by atoms with Crippen LogP contribution in [0.25, 0.3) is 0 Å². The van der Waals surface area contributed by atoms with Crippen molar-refractivity contribution in [2.45, 2.75) is 40.7 Å². The molecule has 5 heteroatoms. The Bertz CT molecular complexity index is 371. The molecular formula is C13H24N4S. The predicted octanol–water partition coefficient (Wildman–Crippen LogP) is 2.42. The molecule has 0 aliphatic carbocycles. The van der Waals surface area contributed by atoms with Gasteiger partial charge in [-0.25, -0.2) is 9.98 Å². The molecule has 0 aromatic carbocycles. The van der Waals surface area contributed by atoms with Gasteiger partial charge in [-0.3, -0.25) is 0 Å². The average molecular weight is 268 g/mol. The average Bonchev–Trinajstić information content (AvgIpc) is 2.80. The van der Waals surface area contributed by atoms with Crippen molar-refractivity contribution in [1.29, 1.82) is 0 Å². The lowest BCUT2D eigenvalue weighted by Crippen LogP contribution is -2.39. The molecule has 1 rings (SSSR count). The standard InChI is InChI=1S/C13H24N4S/c1-5-11-8-15-12(18-11)9-17-13(14-6-2)16-7-10(3)4/h8,10H,5-7,9H2,1-4H3,(H2,14,16,17). The molecule has 18 heavy (non-hydrogen) atoms. The van der Waals surface area contributed by atoms with Gasteiger partial charge in [0.2, 0.25) is 0 Å². The molecule has 1 aromatic rings. The van der Waals surface area contributed by atoms with Crippen molar-refractivity contribution in [2.75, 3.05) is 13.1 Å². The summed E-state index contributed by atoms with van der Waals surface area (Å²) in [4.78, 5) is 10.2. The van der Waals surface area contributed by atoms with Gasteiger partial charge in [0.1, 0.15) is 5.01 Å². The molecule has 4 nitrogen and oxygen atoms in total. The highest BCUT2D eigenvalue weighted by atomic mass is 32.1. The summed E-state index contributed by atoms with van der Waals surface area (Å²) >= 11 is 1.74. The van der Waals surface area contributed by atoms with E-state index in [1.165, 1.54) is 4.88 Å². The van der Waals surface area contributed by atoms with Crippen molar-refractivity contribution in [3.05, 3.63) is 16.1 Å². The zero-order valence-corrected chi connectivity index (χ0v) is 12.6. The first kappa shape index (κ1) is 15.0. The van der Waals surface area contributed by atoms with E-state index in [0.29, 0.717) is 12.5 Å². The van der Waals surface area contributed by atoms with Crippen molar-refractivity contribution in [1.82, 2.24) is 15.6 Å². The number of nitrogens with zero attached hydrogens (tertiary/aromatic N) is 2. The summed E-state index contributed by atoms with van der Waals surface area (Å²) in [7, 11) is 0. The molecule has 1 aromatic heterocycles. The zero-order chi connectivity index (χ0) is 13.4. The van der Waals surface area contributed by atoms with Crippen molar-refractivity contribution in [2.24, 2.45) is 10.9 Å². The van der Waals surface area contributed by atoms with Gasteiger partial charge in [0.15, 0.2) is 5.96 Å². The van der Waals surface area contributed by atoms with Gasteiger partial charge < -0.3 is 10.6 Å². The molecule has 0 aliphatic heterocycles. The van der Waals surface area contributed by atoms with E-state index in [1.54, 1.807) is 11.3 Å². The minimum absolute atomic E-state index is 0.611. The van der Waals surface area contributed by atoms with E-state index in [-0.39, 0.29) is 0 Å². The van der Waals surface area contributed by atoms with Crippen molar-refractivity contribution >= 4 is 17.3 Å². The SMILES string of the molecule is CCNC(=NCc1ncc(CC)s1)NCC(C)C. The number of rotatable bonds is 6. The lowest BCUT2D eigenvalue weighted by atomic mass is 10.2. The third kappa shape index (κ3) is 5.49. The molecule has 0 spiro atoms. The van der Waals surface area contributed by atoms with E-state index < -0.39 is 0 Å². The van der Waals surface area contributed by atoms with Crippen molar-refractivity contribution < 1.29 is 0 Å². The molecule has 0 fully saturated rings. The van der Waals surface area contributed by atoms with Crippen LogP contribution in [0.1, 0.15) is 37.6 Å². The number of hydrogen-bond donors (Lipinski definition) is 2. The highest BCUT2D eigenvalue weighted by Gasteiger charge is 2.02. The van der Waals surface area contributed by atoms with E-state index in [2.05, 4.69) is 48.3 Å². The third-order valence-electron chi connectivity index (χ3n) is 2.34. The highest BCUT2D eigenvalue weighted by Crippen LogP contribution is 2.13. The van der Waals surface area contributed by atoms with Crippen LogP contribution < -0.4 is 10.6 Å². The minimum Gasteiger partial charge on any atom is -0.357 e. The normalized spacial score (nSPS) is 11.9. The van der Waals surface area contributed by atoms with Gasteiger partial charge >= 0.3 is 0 Å². The Hall–Kier alpha value is -1.10. The topological polar surface area (TPSA) is 49.3 Å². The molecule has 102 valence electrons. The molecule has 0 radical (unpaired) electrons. The second-order valence-electron chi connectivity index (χ2n) is 4.54. The first-order chi connectivity index (χ1) is 8.65. The Labute approximate surface area is 114 Å². The number of aromatic nitrogens is 1.